The predicted octanol–water partition coefficient (Wildman–Crippen LogP) is 1.78. The quantitative estimate of drug-likeness (QED) is 0.864. The fourth-order valence-corrected chi connectivity index (χ4v) is 1.73. The summed E-state index contributed by atoms with van der Waals surface area (Å²) in [7, 11) is 0. The predicted molar refractivity (Wildman–Crippen MR) is 66.2 cm³/mol. The van der Waals surface area contributed by atoms with Crippen molar-refractivity contribution in [3.05, 3.63) is 17.5 Å². The van der Waals surface area contributed by atoms with E-state index in [-0.39, 0.29) is 0 Å². The Balaban J connectivity index is 3.22. The highest BCUT2D eigenvalue weighted by Gasteiger charge is 2.35. The zero-order chi connectivity index (χ0) is 13.2. The summed E-state index contributed by atoms with van der Waals surface area (Å²) in [6, 6.07) is 1.87. The van der Waals surface area contributed by atoms with E-state index in [0.29, 0.717) is 12.5 Å². The van der Waals surface area contributed by atoms with Gasteiger partial charge in [0, 0.05) is 17.9 Å². The van der Waals surface area contributed by atoms with Crippen molar-refractivity contribution >= 4 is 11.9 Å². The molecule has 17 heavy (non-hydrogen) atoms. The van der Waals surface area contributed by atoms with E-state index in [2.05, 4.69) is 9.97 Å². The third-order valence-electron chi connectivity index (χ3n) is 2.73. The molecule has 5 nitrogen and oxygen atoms in total. The SMILES string of the molecule is CCN(c1nc(C)cc(C)n1)C(C)(C)C(=O)O. The van der Waals surface area contributed by atoms with Gasteiger partial charge >= 0.3 is 5.97 Å². The molecule has 1 N–H and O–H groups in total. The maximum atomic E-state index is 11.3. The molecule has 0 radical (unpaired) electrons. The highest BCUT2D eigenvalue weighted by Crippen LogP contribution is 2.21. The highest BCUT2D eigenvalue weighted by atomic mass is 16.4. The van der Waals surface area contributed by atoms with Crippen LogP contribution in [-0.2, 0) is 4.79 Å². The van der Waals surface area contributed by atoms with Crippen LogP contribution in [0.3, 0.4) is 0 Å². The Morgan fingerprint density at radius 1 is 1.35 bits per heavy atom. The van der Waals surface area contributed by atoms with Crippen molar-refractivity contribution in [1.82, 2.24) is 9.97 Å². The lowest BCUT2D eigenvalue weighted by molar-refractivity contribution is -0.142. The standard InChI is InChI=1S/C12H19N3O2/c1-6-15(12(4,5)10(16)17)11-13-8(2)7-9(3)14-11/h7H,6H2,1-5H3,(H,16,17). The zero-order valence-electron chi connectivity index (χ0n) is 11.0. The van der Waals surface area contributed by atoms with Crippen LogP contribution in [0.1, 0.15) is 32.2 Å². The molecule has 0 aliphatic rings. The Hall–Kier alpha value is -1.65. The second kappa shape index (κ2) is 4.69. The fraction of sp³-hybridized carbons (Fsp3) is 0.583. The first-order chi connectivity index (χ1) is 7.78. The Kier molecular flexibility index (Phi) is 3.70. The zero-order valence-corrected chi connectivity index (χ0v) is 11.0. The Bertz CT molecular complexity index is 410. The lowest BCUT2D eigenvalue weighted by Gasteiger charge is -2.34. The average Bonchev–Trinajstić information content (AvgIpc) is 2.16. The van der Waals surface area contributed by atoms with Crippen LogP contribution in [0.15, 0.2) is 6.07 Å². The summed E-state index contributed by atoms with van der Waals surface area (Å²) >= 11 is 0. The molecular weight excluding hydrogens is 218 g/mol. The number of aromatic nitrogens is 2. The highest BCUT2D eigenvalue weighted by molar-refractivity contribution is 5.81. The molecule has 0 unspecified atom stereocenters. The van der Waals surface area contributed by atoms with Crippen molar-refractivity contribution in [3.8, 4) is 0 Å². The number of anilines is 1. The van der Waals surface area contributed by atoms with E-state index >= 15 is 0 Å². The first kappa shape index (κ1) is 13.4. The second-order valence-electron chi connectivity index (χ2n) is 4.56. The van der Waals surface area contributed by atoms with E-state index in [1.807, 2.05) is 26.8 Å². The molecule has 1 aromatic heterocycles. The van der Waals surface area contributed by atoms with Gasteiger partial charge in [-0.15, -0.1) is 0 Å². The van der Waals surface area contributed by atoms with Gasteiger partial charge in [0.25, 0.3) is 0 Å². The molecule has 1 aromatic rings. The van der Waals surface area contributed by atoms with Crippen LogP contribution >= 0.6 is 0 Å². The molecule has 0 amide bonds. The summed E-state index contributed by atoms with van der Waals surface area (Å²) in [4.78, 5) is 21.6. The number of carboxylic acid groups (broad SMARTS) is 1. The minimum Gasteiger partial charge on any atom is -0.480 e. The summed E-state index contributed by atoms with van der Waals surface area (Å²) in [6.07, 6.45) is 0. The van der Waals surface area contributed by atoms with Crippen LogP contribution < -0.4 is 4.90 Å². The lowest BCUT2D eigenvalue weighted by Crippen LogP contribution is -2.51. The molecule has 1 rings (SSSR count). The van der Waals surface area contributed by atoms with Gasteiger partial charge in [0.2, 0.25) is 5.95 Å². The number of hydrogen-bond acceptors (Lipinski definition) is 4. The van der Waals surface area contributed by atoms with Gasteiger partial charge in [-0.05, 0) is 40.7 Å². The largest absolute Gasteiger partial charge is 0.480 e. The van der Waals surface area contributed by atoms with Crippen LogP contribution in [-0.4, -0.2) is 33.1 Å². The van der Waals surface area contributed by atoms with Gasteiger partial charge in [0.15, 0.2) is 0 Å². The number of rotatable bonds is 4. The molecule has 1 heterocycles. The molecule has 0 fully saturated rings. The van der Waals surface area contributed by atoms with E-state index in [9.17, 15) is 9.90 Å². The second-order valence-corrected chi connectivity index (χ2v) is 4.56. The summed E-state index contributed by atoms with van der Waals surface area (Å²) in [5, 5.41) is 9.25. The van der Waals surface area contributed by atoms with Crippen molar-refractivity contribution in [3.63, 3.8) is 0 Å². The third-order valence-corrected chi connectivity index (χ3v) is 2.73. The first-order valence-corrected chi connectivity index (χ1v) is 5.62. The minimum atomic E-state index is -1.02. The maximum absolute atomic E-state index is 11.3. The van der Waals surface area contributed by atoms with Crippen LogP contribution in [0.5, 0.6) is 0 Å². The number of carbonyl (C=O) groups is 1. The summed E-state index contributed by atoms with van der Waals surface area (Å²) in [5.41, 5.74) is 0.661. The van der Waals surface area contributed by atoms with Crippen molar-refractivity contribution in [2.24, 2.45) is 0 Å². The smallest absolute Gasteiger partial charge is 0.329 e. The first-order valence-electron chi connectivity index (χ1n) is 5.62. The number of likely N-dealkylation sites (N-methyl/N-ethyl adjacent to an activating group) is 1. The summed E-state index contributed by atoms with van der Waals surface area (Å²) in [5.74, 6) is -0.417. The Morgan fingerprint density at radius 3 is 2.18 bits per heavy atom. The van der Waals surface area contributed by atoms with Crippen LogP contribution in [0.25, 0.3) is 0 Å². The molecule has 0 aromatic carbocycles. The normalized spacial score (nSPS) is 11.4. The van der Waals surface area contributed by atoms with Gasteiger partial charge in [0.05, 0.1) is 0 Å². The van der Waals surface area contributed by atoms with Gasteiger partial charge in [-0.2, -0.15) is 0 Å². The topological polar surface area (TPSA) is 66.3 Å². The fourth-order valence-electron chi connectivity index (χ4n) is 1.73. The van der Waals surface area contributed by atoms with Crippen LogP contribution in [0.4, 0.5) is 5.95 Å². The van der Waals surface area contributed by atoms with E-state index in [1.165, 1.54) is 0 Å². The lowest BCUT2D eigenvalue weighted by atomic mass is 10.0. The average molecular weight is 237 g/mol. The summed E-state index contributed by atoms with van der Waals surface area (Å²) < 4.78 is 0. The molecule has 0 aliphatic carbocycles. The van der Waals surface area contributed by atoms with Gasteiger partial charge in [0.1, 0.15) is 5.54 Å². The van der Waals surface area contributed by atoms with Crippen LogP contribution in [0, 0.1) is 13.8 Å². The molecule has 0 bridgehead atoms. The number of carboxylic acids is 1. The maximum Gasteiger partial charge on any atom is 0.329 e. The molecular formula is C12H19N3O2. The number of aryl methyl sites for hydroxylation is 2. The van der Waals surface area contributed by atoms with Crippen molar-refractivity contribution in [2.45, 2.75) is 40.2 Å². The minimum absolute atomic E-state index is 0.470. The molecule has 0 aliphatic heterocycles. The van der Waals surface area contributed by atoms with Crippen molar-refractivity contribution < 1.29 is 9.90 Å². The van der Waals surface area contributed by atoms with Crippen LogP contribution in [0.2, 0.25) is 0 Å². The van der Waals surface area contributed by atoms with Crippen molar-refractivity contribution in [1.29, 1.82) is 0 Å². The van der Waals surface area contributed by atoms with Gasteiger partial charge in [-0.3, -0.25) is 0 Å². The third kappa shape index (κ3) is 2.72. The van der Waals surface area contributed by atoms with Gasteiger partial charge in [-0.25, -0.2) is 14.8 Å². The molecule has 5 heteroatoms. The molecule has 0 saturated carbocycles. The van der Waals surface area contributed by atoms with E-state index in [1.54, 1.807) is 18.7 Å². The van der Waals surface area contributed by atoms with Gasteiger partial charge < -0.3 is 10.0 Å². The Labute approximate surface area is 102 Å². The van der Waals surface area contributed by atoms with Crippen molar-refractivity contribution in [2.75, 3.05) is 11.4 Å². The number of aliphatic carboxylic acids is 1. The van der Waals surface area contributed by atoms with E-state index < -0.39 is 11.5 Å². The monoisotopic (exact) mass is 237 g/mol. The molecule has 0 atom stereocenters. The summed E-state index contributed by atoms with van der Waals surface area (Å²) in [6.45, 7) is 9.49. The molecule has 0 spiro atoms. The van der Waals surface area contributed by atoms with Gasteiger partial charge in [-0.1, -0.05) is 0 Å². The molecule has 0 saturated heterocycles. The number of nitrogens with zero attached hydrogens (tertiary/aromatic N) is 3. The Morgan fingerprint density at radius 2 is 1.82 bits per heavy atom. The van der Waals surface area contributed by atoms with E-state index in [4.69, 9.17) is 0 Å². The molecule has 94 valence electrons. The number of hydrogen-bond donors (Lipinski definition) is 1. The van der Waals surface area contributed by atoms with E-state index in [0.717, 1.165) is 11.4 Å².